The van der Waals surface area contributed by atoms with E-state index < -0.39 is 0 Å². The predicted octanol–water partition coefficient (Wildman–Crippen LogP) is 1.24. The number of hydrogen-bond acceptors (Lipinski definition) is 3. The average molecular weight is 212 g/mol. The molecule has 2 fully saturated rings. The fourth-order valence-electron chi connectivity index (χ4n) is 2.94. The molecule has 15 heavy (non-hydrogen) atoms. The molecule has 1 N–H and O–H groups in total. The number of nitrogens with one attached hydrogen (secondary N) is 1. The molecular formula is C12H24N2O. The maximum Gasteiger partial charge on any atom is 0.0724 e. The Bertz CT molecular complexity index is 198. The molecule has 1 heterocycles. The molecule has 0 spiro atoms. The second-order valence-electron chi connectivity index (χ2n) is 5.08. The zero-order valence-electron chi connectivity index (χ0n) is 10.0. The lowest BCUT2D eigenvalue weighted by Crippen LogP contribution is -2.48. The molecule has 88 valence electrons. The predicted molar refractivity (Wildman–Crippen MR) is 62.1 cm³/mol. The van der Waals surface area contributed by atoms with Crippen LogP contribution in [0, 0.1) is 0 Å². The van der Waals surface area contributed by atoms with E-state index in [2.05, 4.69) is 17.3 Å². The van der Waals surface area contributed by atoms with Crippen LogP contribution in [0.5, 0.6) is 0 Å². The Balaban J connectivity index is 1.81. The Labute approximate surface area is 93.2 Å². The van der Waals surface area contributed by atoms with Crippen LogP contribution >= 0.6 is 0 Å². The zero-order chi connectivity index (χ0) is 10.7. The Hall–Kier alpha value is -0.120. The minimum atomic E-state index is 0.449. The van der Waals surface area contributed by atoms with E-state index in [1.807, 2.05) is 7.11 Å². The van der Waals surface area contributed by atoms with Crippen LogP contribution in [0.1, 0.15) is 32.1 Å². The number of likely N-dealkylation sites (N-methyl/N-ethyl adjacent to an activating group) is 1. The maximum atomic E-state index is 5.56. The van der Waals surface area contributed by atoms with E-state index >= 15 is 0 Å². The number of likely N-dealkylation sites (tertiary alicyclic amines) is 1. The van der Waals surface area contributed by atoms with E-state index in [9.17, 15) is 0 Å². The molecule has 1 saturated carbocycles. The zero-order valence-corrected chi connectivity index (χ0v) is 10.0. The largest absolute Gasteiger partial charge is 0.380 e. The Morgan fingerprint density at radius 3 is 2.67 bits per heavy atom. The minimum Gasteiger partial charge on any atom is -0.380 e. The van der Waals surface area contributed by atoms with Gasteiger partial charge >= 0.3 is 0 Å². The lowest BCUT2D eigenvalue weighted by atomic mass is 9.92. The lowest BCUT2D eigenvalue weighted by molar-refractivity contribution is 0.0381. The topological polar surface area (TPSA) is 24.5 Å². The first-order chi connectivity index (χ1) is 7.29. The fourth-order valence-corrected chi connectivity index (χ4v) is 2.94. The molecule has 0 bridgehead atoms. The lowest BCUT2D eigenvalue weighted by Gasteiger charge is -2.33. The maximum absolute atomic E-state index is 5.56. The van der Waals surface area contributed by atoms with Gasteiger partial charge in [-0.25, -0.2) is 0 Å². The summed E-state index contributed by atoms with van der Waals surface area (Å²) in [7, 11) is 4.06. The molecule has 3 heteroatoms. The monoisotopic (exact) mass is 212 g/mol. The molecule has 0 amide bonds. The third-order valence-corrected chi connectivity index (χ3v) is 3.85. The van der Waals surface area contributed by atoms with E-state index in [0.29, 0.717) is 18.2 Å². The second-order valence-corrected chi connectivity index (χ2v) is 5.08. The van der Waals surface area contributed by atoms with Gasteiger partial charge in [-0.2, -0.15) is 0 Å². The van der Waals surface area contributed by atoms with Gasteiger partial charge in [0.05, 0.1) is 6.10 Å². The van der Waals surface area contributed by atoms with Crippen molar-refractivity contribution < 1.29 is 4.74 Å². The summed E-state index contributed by atoms with van der Waals surface area (Å²) in [5, 5.41) is 3.78. The van der Waals surface area contributed by atoms with Crippen molar-refractivity contribution >= 4 is 0 Å². The third kappa shape index (κ3) is 2.92. The molecule has 2 rings (SSSR count). The van der Waals surface area contributed by atoms with Gasteiger partial charge in [-0.15, -0.1) is 0 Å². The summed E-state index contributed by atoms with van der Waals surface area (Å²) in [4.78, 5) is 2.41. The van der Waals surface area contributed by atoms with Crippen molar-refractivity contribution in [3.8, 4) is 0 Å². The highest BCUT2D eigenvalue weighted by Gasteiger charge is 2.28. The van der Waals surface area contributed by atoms with Gasteiger partial charge < -0.3 is 15.0 Å². The average Bonchev–Trinajstić information content (AvgIpc) is 2.65. The van der Waals surface area contributed by atoms with E-state index in [-0.39, 0.29) is 0 Å². The molecule has 2 aliphatic rings. The van der Waals surface area contributed by atoms with Crippen molar-refractivity contribution in [2.75, 3.05) is 27.2 Å². The molecule has 3 atom stereocenters. The van der Waals surface area contributed by atoms with Crippen molar-refractivity contribution in [1.82, 2.24) is 10.2 Å². The number of hydrogen-bond donors (Lipinski definition) is 1. The summed E-state index contributed by atoms with van der Waals surface area (Å²) >= 11 is 0. The fraction of sp³-hybridized carbons (Fsp3) is 1.00. The summed E-state index contributed by atoms with van der Waals surface area (Å²) in [6, 6.07) is 1.29. The molecule has 0 radical (unpaired) electrons. The molecule has 0 aromatic carbocycles. The molecule has 1 saturated heterocycles. The highest BCUT2D eigenvalue weighted by atomic mass is 16.5. The van der Waals surface area contributed by atoms with Crippen LogP contribution in [0.4, 0.5) is 0 Å². The Morgan fingerprint density at radius 2 is 2.00 bits per heavy atom. The first kappa shape index (κ1) is 11.4. The van der Waals surface area contributed by atoms with Crippen LogP contribution in [0.15, 0.2) is 0 Å². The summed E-state index contributed by atoms with van der Waals surface area (Å²) in [5.41, 5.74) is 0. The van der Waals surface area contributed by atoms with Crippen LogP contribution < -0.4 is 5.32 Å². The number of ether oxygens (including phenoxy) is 1. The van der Waals surface area contributed by atoms with Crippen molar-refractivity contribution in [1.29, 1.82) is 0 Å². The van der Waals surface area contributed by atoms with Crippen molar-refractivity contribution in [3.05, 3.63) is 0 Å². The van der Waals surface area contributed by atoms with Crippen LogP contribution in [-0.2, 0) is 4.74 Å². The summed E-state index contributed by atoms with van der Waals surface area (Å²) in [6.45, 7) is 2.44. The van der Waals surface area contributed by atoms with E-state index in [4.69, 9.17) is 4.74 Å². The van der Waals surface area contributed by atoms with Crippen LogP contribution in [0.3, 0.4) is 0 Å². The Kier molecular flexibility index (Phi) is 4.00. The van der Waals surface area contributed by atoms with Gasteiger partial charge in [0, 0.05) is 25.7 Å². The van der Waals surface area contributed by atoms with Crippen molar-refractivity contribution in [2.45, 2.75) is 50.3 Å². The summed E-state index contributed by atoms with van der Waals surface area (Å²) in [5.74, 6) is 0. The normalized spacial score (nSPS) is 38.4. The van der Waals surface area contributed by atoms with Gasteiger partial charge in [-0.1, -0.05) is 12.8 Å². The standard InChI is InChI=1S/C12H24N2O/c1-14-8-7-10(9-14)13-11-5-3-4-6-12(11)15-2/h10-13H,3-9H2,1-2H3. The molecular weight excluding hydrogens is 188 g/mol. The number of methoxy groups -OCH3 is 1. The van der Waals surface area contributed by atoms with Crippen LogP contribution in [0.2, 0.25) is 0 Å². The van der Waals surface area contributed by atoms with Gasteiger partial charge in [0.2, 0.25) is 0 Å². The van der Waals surface area contributed by atoms with Crippen molar-refractivity contribution in [2.24, 2.45) is 0 Å². The minimum absolute atomic E-state index is 0.449. The summed E-state index contributed by atoms with van der Waals surface area (Å²) < 4.78 is 5.56. The van der Waals surface area contributed by atoms with E-state index in [0.717, 1.165) is 0 Å². The molecule has 3 unspecified atom stereocenters. The van der Waals surface area contributed by atoms with Gasteiger partial charge in [0.15, 0.2) is 0 Å². The molecule has 1 aliphatic heterocycles. The van der Waals surface area contributed by atoms with E-state index in [1.165, 1.54) is 45.2 Å². The SMILES string of the molecule is COC1CCCCC1NC1CCN(C)C1. The quantitative estimate of drug-likeness (QED) is 0.762. The Morgan fingerprint density at radius 1 is 1.20 bits per heavy atom. The highest BCUT2D eigenvalue weighted by molar-refractivity contribution is 4.88. The number of rotatable bonds is 3. The van der Waals surface area contributed by atoms with Crippen LogP contribution in [-0.4, -0.2) is 50.3 Å². The molecule has 3 nitrogen and oxygen atoms in total. The summed E-state index contributed by atoms with van der Waals surface area (Å²) in [6.07, 6.45) is 6.96. The van der Waals surface area contributed by atoms with Gasteiger partial charge in [-0.05, 0) is 32.9 Å². The first-order valence-electron chi connectivity index (χ1n) is 6.27. The van der Waals surface area contributed by atoms with Gasteiger partial charge in [-0.3, -0.25) is 0 Å². The van der Waals surface area contributed by atoms with E-state index in [1.54, 1.807) is 0 Å². The van der Waals surface area contributed by atoms with Gasteiger partial charge in [0.1, 0.15) is 0 Å². The second kappa shape index (κ2) is 5.28. The van der Waals surface area contributed by atoms with Gasteiger partial charge in [0.25, 0.3) is 0 Å². The molecule has 0 aromatic heterocycles. The number of nitrogens with zero attached hydrogens (tertiary/aromatic N) is 1. The van der Waals surface area contributed by atoms with Crippen molar-refractivity contribution in [3.63, 3.8) is 0 Å². The van der Waals surface area contributed by atoms with Crippen LogP contribution in [0.25, 0.3) is 0 Å². The molecule has 1 aliphatic carbocycles. The highest BCUT2D eigenvalue weighted by Crippen LogP contribution is 2.22. The smallest absolute Gasteiger partial charge is 0.0724 e. The third-order valence-electron chi connectivity index (χ3n) is 3.85. The molecule has 0 aromatic rings. The first-order valence-corrected chi connectivity index (χ1v) is 6.27.